The maximum Gasteiger partial charge on any atom is 0.238 e. The SMILES string of the molecule is CCN(CC(=O)Nc1ccc(F)cc1)CC(C)C(N)=S. The third kappa shape index (κ3) is 5.63. The van der Waals surface area contributed by atoms with Crippen molar-refractivity contribution in [3.63, 3.8) is 0 Å². The Morgan fingerprint density at radius 2 is 2.05 bits per heavy atom. The van der Waals surface area contributed by atoms with Crippen LogP contribution in [-0.4, -0.2) is 35.4 Å². The molecule has 0 radical (unpaired) electrons. The highest BCUT2D eigenvalue weighted by Crippen LogP contribution is 2.08. The van der Waals surface area contributed by atoms with Gasteiger partial charge in [-0.25, -0.2) is 4.39 Å². The maximum atomic E-state index is 12.8. The molecule has 20 heavy (non-hydrogen) atoms. The minimum Gasteiger partial charge on any atom is -0.393 e. The highest BCUT2D eigenvalue weighted by atomic mass is 32.1. The Morgan fingerprint density at radius 1 is 1.45 bits per heavy atom. The third-order valence-corrected chi connectivity index (χ3v) is 3.36. The smallest absolute Gasteiger partial charge is 0.238 e. The summed E-state index contributed by atoms with van der Waals surface area (Å²) in [5, 5.41) is 2.73. The van der Waals surface area contributed by atoms with E-state index in [1.54, 1.807) is 0 Å². The summed E-state index contributed by atoms with van der Waals surface area (Å²) in [5.41, 5.74) is 6.15. The fourth-order valence-electron chi connectivity index (χ4n) is 1.72. The molecule has 0 spiro atoms. The summed E-state index contributed by atoms with van der Waals surface area (Å²) in [4.78, 5) is 14.3. The Bertz CT molecular complexity index is 464. The van der Waals surface area contributed by atoms with Gasteiger partial charge in [0.05, 0.1) is 11.5 Å². The lowest BCUT2D eigenvalue weighted by molar-refractivity contribution is -0.117. The quantitative estimate of drug-likeness (QED) is 0.756. The van der Waals surface area contributed by atoms with E-state index in [1.807, 2.05) is 18.7 Å². The fraction of sp³-hybridized carbons (Fsp3) is 0.429. The first-order valence-electron chi connectivity index (χ1n) is 6.49. The Balaban J connectivity index is 2.50. The molecule has 1 aromatic carbocycles. The van der Waals surface area contributed by atoms with Gasteiger partial charge in [-0.05, 0) is 30.8 Å². The van der Waals surface area contributed by atoms with Crippen LogP contribution in [-0.2, 0) is 4.79 Å². The number of hydrogen-bond acceptors (Lipinski definition) is 3. The van der Waals surface area contributed by atoms with Crippen LogP contribution in [0, 0.1) is 11.7 Å². The molecule has 110 valence electrons. The predicted molar refractivity (Wildman–Crippen MR) is 83.1 cm³/mol. The molecular weight excluding hydrogens is 277 g/mol. The van der Waals surface area contributed by atoms with Crippen molar-refractivity contribution in [3.8, 4) is 0 Å². The zero-order valence-electron chi connectivity index (χ0n) is 11.7. The van der Waals surface area contributed by atoms with Crippen LogP contribution in [0.3, 0.4) is 0 Å². The van der Waals surface area contributed by atoms with Gasteiger partial charge in [0.1, 0.15) is 5.82 Å². The number of nitrogens with two attached hydrogens (primary N) is 1. The number of likely N-dealkylation sites (N-methyl/N-ethyl adjacent to an activating group) is 1. The van der Waals surface area contributed by atoms with E-state index < -0.39 is 0 Å². The summed E-state index contributed by atoms with van der Waals surface area (Å²) in [5.74, 6) is -0.416. The van der Waals surface area contributed by atoms with E-state index in [-0.39, 0.29) is 24.2 Å². The Labute approximate surface area is 124 Å². The van der Waals surface area contributed by atoms with Crippen LogP contribution in [0.4, 0.5) is 10.1 Å². The van der Waals surface area contributed by atoms with Crippen molar-refractivity contribution in [2.75, 3.05) is 25.0 Å². The van der Waals surface area contributed by atoms with E-state index >= 15 is 0 Å². The van der Waals surface area contributed by atoms with Crippen LogP contribution in [0.1, 0.15) is 13.8 Å². The van der Waals surface area contributed by atoms with Gasteiger partial charge in [0.2, 0.25) is 5.91 Å². The molecule has 0 saturated heterocycles. The summed E-state index contributed by atoms with van der Waals surface area (Å²) in [6, 6.07) is 5.67. The predicted octanol–water partition coefficient (Wildman–Crippen LogP) is 2.01. The van der Waals surface area contributed by atoms with Gasteiger partial charge in [0.25, 0.3) is 0 Å². The third-order valence-electron chi connectivity index (χ3n) is 2.96. The summed E-state index contributed by atoms with van der Waals surface area (Å²) >= 11 is 4.93. The molecule has 0 bridgehead atoms. The van der Waals surface area contributed by atoms with Crippen LogP contribution in [0.15, 0.2) is 24.3 Å². The molecule has 6 heteroatoms. The summed E-state index contributed by atoms with van der Waals surface area (Å²) in [7, 11) is 0. The van der Waals surface area contributed by atoms with Gasteiger partial charge >= 0.3 is 0 Å². The molecule has 0 aliphatic carbocycles. The number of rotatable bonds is 7. The van der Waals surface area contributed by atoms with E-state index in [4.69, 9.17) is 18.0 Å². The van der Waals surface area contributed by atoms with Gasteiger partial charge in [0.15, 0.2) is 0 Å². The van der Waals surface area contributed by atoms with Crippen molar-refractivity contribution in [3.05, 3.63) is 30.1 Å². The second-order valence-corrected chi connectivity index (χ2v) is 5.16. The van der Waals surface area contributed by atoms with Crippen molar-refractivity contribution in [2.24, 2.45) is 11.7 Å². The van der Waals surface area contributed by atoms with Gasteiger partial charge in [-0.2, -0.15) is 0 Å². The number of carbonyl (C=O) groups excluding carboxylic acids is 1. The van der Waals surface area contributed by atoms with E-state index in [0.29, 0.717) is 17.2 Å². The van der Waals surface area contributed by atoms with Crippen molar-refractivity contribution in [1.29, 1.82) is 0 Å². The molecule has 1 unspecified atom stereocenters. The molecule has 0 aromatic heterocycles. The zero-order chi connectivity index (χ0) is 15.1. The number of benzene rings is 1. The molecule has 0 heterocycles. The van der Waals surface area contributed by atoms with Gasteiger partial charge in [-0.15, -0.1) is 0 Å². The maximum absolute atomic E-state index is 12.8. The number of carbonyl (C=O) groups is 1. The number of amides is 1. The number of thiocarbonyl (C=S) groups is 1. The number of nitrogens with zero attached hydrogens (tertiary/aromatic N) is 1. The summed E-state index contributed by atoms with van der Waals surface area (Å²) in [6.45, 7) is 5.52. The van der Waals surface area contributed by atoms with Crippen molar-refractivity contribution in [2.45, 2.75) is 13.8 Å². The highest BCUT2D eigenvalue weighted by molar-refractivity contribution is 7.80. The second kappa shape index (κ2) is 7.91. The Morgan fingerprint density at radius 3 is 2.55 bits per heavy atom. The number of halogens is 1. The lowest BCUT2D eigenvalue weighted by atomic mass is 10.1. The average molecular weight is 297 g/mol. The molecule has 3 N–H and O–H groups in total. The second-order valence-electron chi connectivity index (χ2n) is 4.69. The van der Waals surface area contributed by atoms with Gasteiger partial charge in [-0.3, -0.25) is 9.69 Å². The molecular formula is C14H20FN3OS. The van der Waals surface area contributed by atoms with Crippen LogP contribution in [0.25, 0.3) is 0 Å². The molecule has 0 saturated carbocycles. The average Bonchev–Trinajstić information content (AvgIpc) is 2.40. The molecule has 1 amide bonds. The number of nitrogens with one attached hydrogen (secondary N) is 1. The first-order valence-corrected chi connectivity index (χ1v) is 6.90. The minimum atomic E-state index is -0.330. The van der Waals surface area contributed by atoms with Crippen LogP contribution >= 0.6 is 12.2 Å². The van der Waals surface area contributed by atoms with E-state index in [9.17, 15) is 9.18 Å². The molecule has 4 nitrogen and oxygen atoms in total. The van der Waals surface area contributed by atoms with Crippen molar-refractivity contribution >= 4 is 28.8 Å². The fourth-order valence-corrected chi connectivity index (χ4v) is 1.79. The molecule has 1 atom stereocenters. The van der Waals surface area contributed by atoms with E-state index in [1.165, 1.54) is 24.3 Å². The zero-order valence-corrected chi connectivity index (χ0v) is 12.5. The monoisotopic (exact) mass is 297 g/mol. The first kappa shape index (κ1) is 16.5. The highest BCUT2D eigenvalue weighted by Gasteiger charge is 2.14. The van der Waals surface area contributed by atoms with Gasteiger partial charge < -0.3 is 11.1 Å². The molecule has 1 rings (SSSR count). The topological polar surface area (TPSA) is 58.4 Å². The van der Waals surface area contributed by atoms with Crippen molar-refractivity contribution in [1.82, 2.24) is 4.90 Å². The lowest BCUT2D eigenvalue weighted by Gasteiger charge is -2.23. The molecule has 0 aliphatic rings. The normalized spacial score (nSPS) is 12.2. The largest absolute Gasteiger partial charge is 0.393 e. The van der Waals surface area contributed by atoms with E-state index in [0.717, 1.165) is 6.54 Å². The Kier molecular flexibility index (Phi) is 6.54. The minimum absolute atomic E-state index is 0.0589. The number of anilines is 1. The molecule has 1 aromatic rings. The molecule has 0 aliphatic heterocycles. The van der Waals surface area contributed by atoms with Crippen LogP contribution in [0.2, 0.25) is 0 Å². The summed E-state index contributed by atoms with van der Waals surface area (Å²) in [6.07, 6.45) is 0. The number of hydrogen-bond donors (Lipinski definition) is 2. The Hall–Kier alpha value is -1.53. The van der Waals surface area contributed by atoms with Gasteiger partial charge in [0, 0.05) is 18.2 Å². The van der Waals surface area contributed by atoms with Crippen LogP contribution in [0.5, 0.6) is 0 Å². The standard InChI is InChI=1S/C14H20FN3OS/c1-3-18(8-10(2)14(16)20)9-13(19)17-12-6-4-11(15)5-7-12/h4-7,10H,3,8-9H2,1-2H3,(H2,16,20)(H,17,19). The van der Waals surface area contributed by atoms with Crippen molar-refractivity contribution < 1.29 is 9.18 Å². The summed E-state index contributed by atoms with van der Waals surface area (Å²) < 4.78 is 12.8. The lowest BCUT2D eigenvalue weighted by Crippen LogP contribution is -2.38. The van der Waals surface area contributed by atoms with E-state index in [2.05, 4.69) is 5.32 Å². The molecule has 0 fully saturated rings. The first-order chi connectivity index (χ1) is 9.42. The van der Waals surface area contributed by atoms with Gasteiger partial charge in [-0.1, -0.05) is 26.1 Å². The van der Waals surface area contributed by atoms with Crippen LogP contribution < -0.4 is 11.1 Å².